The van der Waals surface area contributed by atoms with Gasteiger partial charge in [-0.25, -0.2) is 0 Å². The summed E-state index contributed by atoms with van der Waals surface area (Å²) in [5.74, 6) is 0.859. The lowest BCUT2D eigenvalue weighted by atomic mass is 10.3. The molecule has 0 saturated carbocycles. The van der Waals surface area contributed by atoms with Gasteiger partial charge in [0, 0.05) is 14.1 Å². The number of nitrogens with one attached hydrogen (secondary N) is 2. The van der Waals surface area contributed by atoms with Gasteiger partial charge in [0.25, 0.3) is 0 Å². The Morgan fingerprint density at radius 3 is 2.85 bits per heavy atom. The molecule has 1 aromatic rings. The number of thiocarbonyl (C=S) groups is 1. The maximum Gasteiger partial charge on any atom is 0.166 e. The van der Waals surface area contributed by atoms with Gasteiger partial charge in [0.2, 0.25) is 0 Å². The summed E-state index contributed by atoms with van der Waals surface area (Å²) < 4.78 is 1.86. The van der Waals surface area contributed by atoms with Crippen LogP contribution >= 0.6 is 12.2 Å². The summed E-state index contributed by atoms with van der Waals surface area (Å²) in [6, 6.07) is 0.0625. The zero-order valence-corrected chi connectivity index (χ0v) is 8.72. The molecule has 1 unspecified atom stereocenters. The van der Waals surface area contributed by atoms with Crippen molar-refractivity contribution in [2.24, 2.45) is 7.05 Å². The van der Waals surface area contributed by atoms with Gasteiger partial charge >= 0.3 is 0 Å². The Kier molecular flexibility index (Phi) is 3.18. The van der Waals surface area contributed by atoms with Gasteiger partial charge in [-0.1, -0.05) is 0 Å². The third-order valence-corrected chi connectivity index (χ3v) is 2.03. The molecule has 0 spiro atoms. The highest BCUT2D eigenvalue weighted by atomic mass is 32.1. The van der Waals surface area contributed by atoms with Gasteiger partial charge in [0.15, 0.2) is 10.9 Å². The van der Waals surface area contributed by atoms with Crippen LogP contribution in [0.15, 0.2) is 6.33 Å². The zero-order valence-electron chi connectivity index (χ0n) is 7.90. The first-order valence-corrected chi connectivity index (χ1v) is 4.38. The molecule has 2 N–H and O–H groups in total. The van der Waals surface area contributed by atoms with Crippen LogP contribution in [-0.4, -0.2) is 26.9 Å². The molecule has 13 heavy (non-hydrogen) atoms. The summed E-state index contributed by atoms with van der Waals surface area (Å²) in [6.07, 6.45) is 1.66. The highest BCUT2D eigenvalue weighted by Crippen LogP contribution is 2.05. The molecule has 0 aliphatic heterocycles. The van der Waals surface area contributed by atoms with E-state index in [1.807, 2.05) is 18.5 Å². The molecule has 6 heteroatoms. The predicted octanol–water partition coefficient (Wildman–Crippen LogP) is -0.0300. The molecule has 5 nitrogen and oxygen atoms in total. The monoisotopic (exact) mass is 199 g/mol. The molecule has 0 saturated heterocycles. The summed E-state index contributed by atoms with van der Waals surface area (Å²) in [4.78, 5) is 0. The lowest BCUT2D eigenvalue weighted by molar-refractivity contribution is 0.622. The summed E-state index contributed by atoms with van der Waals surface area (Å²) >= 11 is 4.97. The van der Waals surface area contributed by atoms with Crippen molar-refractivity contribution < 1.29 is 0 Å². The van der Waals surface area contributed by atoms with Gasteiger partial charge in [0.05, 0.1) is 6.04 Å². The van der Waals surface area contributed by atoms with Gasteiger partial charge in [-0.2, -0.15) is 0 Å². The van der Waals surface area contributed by atoms with Crippen LogP contribution in [0.1, 0.15) is 18.8 Å². The first-order chi connectivity index (χ1) is 6.15. The highest BCUT2D eigenvalue weighted by Gasteiger charge is 2.10. The Hall–Kier alpha value is -1.17. The Morgan fingerprint density at radius 2 is 2.38 bits per heavy atom. The second kappa shape index (κ2) is 4.18. The van der Waals surface area contributed by atoms with E-state index in [0.29, 0.717) is 5.11 Å². The molecule has 0 amide bonds. The van der Waals surface area contributed by atoms with E-state index in [9.17, 15) is 0 Å². The van der Waals surface area contributed by atoms with Crippen molar-refractivity contribution in [2.75, 3.05) is 7.05 Å². The number of aromatic nitrogens is 3. The van der Waals surface area contributed by atoms with Crippen molar-refractivity contribution in [2.45, 2.75) is 13.0 Å². The molecule has 0 aromatic carbocycles. The Bertz CT molecular complexity index is 295. The van der Waals surface area contributed by atoms with Gasteiger partial charge in [0.1, 0.15) is 6.33 Å². The van der Waals surface area contributed by atoms with Crippen molar-refractivity contribution in [1.82, 2.24) is 25.4 Å². The minimum atomic E-state index is 0.0625. The molecule has 1 aromatic heterocycles. The van der Waals surface area contributed by atoms with E-state index < -0.39 is 0 Å². The summed E-state index contributed by atoms with van der Waals surface area (Å²) in [6.45, 7) is 1.98. The number of hydrogen-bond donors (Lipinski definition) is 2. The standard InChI is InChI=1S/C7H13N5S/c1-5(10-7(13)8-2)6-11-9-4-12(6)3/h4-5H,1-3H3,(H2,8,10,13). The minimum Gasteiger partial charge on any atom is -0.366 e. The van der Waals surface area contributed by atoms with Crippen LogP contribution < -0.4 is 10.6 Å². The Balaban J connectivity index is 2.63. The predicted molar refractivity (Wildman–Crippen MR) is 54.2 cm³/mol. The summed E-state index contributed by atoms with van der Waals surface area (Å²) in [5.41, 5.74) is 0. The quantitative estimate of drug-likeness (QED) is 0.655. The molecule has 0 bridgehead atoms. The molecule has 1 atom stereocenters. The zero-order chi connectivity index (χ0) is 9.84. The molecule has 0 aliphatic rings. The molecule has 0 radical (unpaired) electrons. The molecule has 1 rings (SSSR count). The molecular formula is C7H13N5S. The third-order valence-electron chi connectivity index (χ3n) is 1.71. The van der Waals surface area contributed by atoms with Crippen LogP contribution in [0.3, 0.4) is 0 Å². The van der Waals surface area contributed by atoms with Crippen molar-refractivity contribution >= 4 is 17.3 Å². The lowest BCUT2D eigenvalue weighted by Gasteiger charge is -2.14. The van der Waals surface area contributed by atoms with Crippen LogP contribution in [-0.2, 0) is 7.05 Å². The normalized spacial score (nSPS) is 12.2. The highest BCUT2D eigenvalue weighted by molar-refractivity contribution is 7.80. The maximum absolute atomic E-state index is 4.97. The number of nitrogens with zero attached hydrogens (tertiary/aromatic N) is 3. The van der Waals surface area contributed by atoms with Crippen molar-refractivity contribution in [1.29, 1.82) is 0 Å². The maximum atomic E-state index is 4.97. The van der Waals surface area contributed by atoms with E-state index >= 15 is 0 Å². The van der Waals surface area contributed by atoms with Crippen molar-refractivity contribution in [3.8, 4) is 0 Å². The van der Waals surface area contributed by atoms with E-state index in [4.69, 9.17) is 12.2 Å². The van der Waals surface area contributed by atoms with Crippen molar-refractivity contribution in [3.05, 3.63) is 12.2 Å². The molecular weight excluding hydrogens is 186 g/mol. The van der Waals surface area contributed by atoms with Crippen LogP contribution in [0.2, 0.25) is 0 Å². The second-order valence-electron chi connectivity index (χ2n) is 2.75. The van der Waals surface area contributed by atoms with Crippen molar-refractivity contribution in [3.63, 3.8) is 0 Å². The topological polar surface area (TPSA) is 54.8 Å². The van der Waals surface area contributed by atoms with E-state index in [2.05, 4.69) is 20.8 Å². The van der Waals surface area contributed by atoms with Crippen LogP contribution in [0.4, 0.5) is 0 Å². The van der Waals surface area contributed by atoms with Gasteiger partial charge in [-0.15, -0.1) is 10.2 Å². The number of hydrogen-bond acceptors (Lipinski definition) is 3. The second-order valence-corrected chi connectivity index (χ2v) is 3.15. The fourth-order valence-electron chi connectivity index (χ4n) is 1.02. The first kappa shape index (κ1) is 9.91. The fourth-order valence-corrected chi connectivity index (χ4v) is 1.19. The lowest BCUT2D eigenvalue weighted by Crippen LogP contribution is -2.35. The molecule has 0 aliphatic carbocycles. The summed E-state index contributed by atoms with van der Waals surface area (Å²) in [7, 11) is 3.68. The van der Waals surface area contributed by atoms with Gasteiger partial charge in [-0.05, 0) is 19.1 Å². The Morgan fingerprint density at radius 1 is 1.69 bits per heavy atom. The van der Waals surface area contributed by atoms with Crippen LogP contribution in [0.25, 0.3) is 0 Å². The van der Waals surface area contributed by atoms with Gasteiger partial charge < -0.3 is 15.2 Å². The van der Waals surface area contributed by atoms with E-state index in [1.54, 1.807) is 13.4 Å². The van der Waals surface area contributed by atoms with Gasteiger partial charge in [-0.3, -0.25) is 0 Å². The van der Waals surface area contributed by atoms with E-state index in [1.165, 1.54) is 0 Å². The van der Waals surface area contributed by atoms with Crippen LogP contribution in [0.5, 0.6) is 0 Å². The molecule has 1 heterocycles. The first-order valence-electron chi connectivity index (χ1n) is 3.97. The van der Waals surface area contributed by atoms with E-state index in [-0.39, 0.29) is 6.04 Å². The smallest absolute Gasteiger partial charge is 0.166 e. The van der Waals surface area contributed by atoms with Crippen LogP contribution in [0, 0.1) is 0 Å². The number of aryl methyl sites for hydroxylation is 1. The third kappa shape index (κ3) is 2.38. The van der Waals surface area contributed by atoms with E-state index in [0.717, 1.165) is 5.82 Å². The number of rotatable bonds is 2. The minimum absolute atomic E-state index is 0.0625. The SMILES string of the molecule is CNC(=S)NC(C)c1nncn1C. The summed E-state index contributed by atoms with van der Waals surface area (Å²) in [5, 5.41) is 14.3. The Labute approximate surface area is 82.5 Å². The average molecular weight is 199 g/mol. The average Bonchev–Trinajstić information content (AvgIpc) is 2.51. The fraction of sp³-hybridized carbons (Fsp3) is 0.571. The largest absolute Gasteiger partial charge is 0.366 e. The molecule has 0 fully saturated rings. The molecule has 72 valence electrons.